The van der Waals surface area contributed by atoms with Crippen molar-refractivity contribution in [1.82, 2.24) is 40.6 Å². The van der Waals surface area contributed by atoms with E-state index in [1.807, 2.05) is 6.07 Å². The van der Waals surface area contributed by atoms with Gasteiger partial charge in [0.2, 0.25) is 15.8 Å². The van der Waals surface area contributed by atoms with Gasteiger partial charge in [-0.25, -0.2) is 18.5 Å². The average molecular weight is 503 g/mol. The largest absolute Gasteiger partial charge is 0.395 e. The zero-order chi connectivity index (χ0) is 23.9. The van der Waals surface area contributed by atoms with Gasteiger partial charge in [0.15, 0.2) is 5.95 Å². The molecule has 1 saturated heterocycles. The third-order valence-corrected chi connectivity index (χ3v) is 7.71. The fraction of sp³-hybridized carbons (Fsp3) is 0.263. The van der Waals surface area contributed by atoms with Crippen molar-refractivity contribution in [3.05, 3.63) is 30.3 Å². The van der Waals surface area contributed by atoms with Gasteiger partial charge in [0, 0.05) is 29.1 Å². The first-order valence-corrected chi connectivity index (χ1v) is 12.7. The van der Waals surface area contributed by atoms with Crippen LogP contribution >= 0.6 is 11.9 Å². The summed E-state index contributed by atoms with van der Waals surface area (Å²) in [5, 5.41) is 32.3. The van der Waals surface area contributed by atoms with Crippen LogP contribution in [0.4, 0.5) is 5.95 Å². The zero-order valence-electron chi connectivity index (χ0n) is 17.7. The third-order valence-electron chi connectivity index (χ3n) is 5.57. The highest BCUT2D eigenvalue weighted by Crippen LogP contribution is 2.41. The Morgan fingerprint density at radius 1 is 1.24 bits per heavy atom. The van der Waals surface area contributed by atoms with Crippen LogP contribution in [0.1, 0.15) is 6.42 Å². The molecule has 0 aliphatic carbocycles. The number of aromatic amines is 2. The van der Waals surface area contributed by atoms with E-state index >= 15 is 0 Å². The summed E-state index contributed by atoms with van der Waals surface area (Å²) in [4.78, 5) is 7.59. The van der Waals surface area contributed by atoms with Crippen LogP contribution in [-0.2, 0) is 10.0 Å². The molecule has 0 spiro atoms. The molecule has 2 aromatic carbocycles. The lowest BCUT2D eigenvalue weighted by Crippen LogP contribution is -2.26. The Kier molecular flexibility index (Phi) is 5.97. The van der Waals surface area contributed by atoms with Crippen molar-refractivity contribution in [3.8, 4) is 22.5 Å². The first-order chi connectivity index (χ1) is 16.3. The molecule has 1 aliphatic rings. The summed E-state index contributed by atoms with van der Waals surface area (Å²) in [6.45, 7) is 0.673. The molecule has 0 unspecified atom stereocenters. The summed E-state index contributed by atoms with van der Waals surface area (Å²) in [6.07, 6.45) is 0.701. The number of aliphatic hydroxyl groups is 1. The Bertz CT molecular complexity index is 1440. The van der Waals surface area contributed by atoms with Crippen molar-refractivity contribution < 1.29 is 13.5 Å². The highest BCUT2D eigenvalue weighted by atomic mass is 32.2. The Labute approximate surface area is 198 Å². The maximum Gasteiger partial charge on any atom is 0.239 e. The Morgan fingerprint density at radius 3 is 2.79 bits per heavy atom. The molecule has 178 valence electrons. The Morgan fingerprint density at radius 2 is 2.09 bits per heavy atom. The van der Waals surface area contributed by atoms with Crippen LogP contribution in [0.2, 0.25) is 0 Å². The molecular weight excluding hydrogens is 480 g/mol. The van der Waals surface area contributed by atoms with Crippen LogP contribution in [-0.4, -0.2) is 69.4 Å². The van der Waals surface area contributed by atoms with Crippen LogP contribution in [0.5, 0.6) is 0 Å². The standard InChI is InChI=1S/C19H22N10O3S2/c20-19-23-13-3-1-2-12(16(13)24-19)11-4-5-14(33-27-9-6-10(8-30)22-7-9)17(34(21,31)32)15(11)18-25-28-29-26-18/h1-5,9-10,22,27,30H,6-8H2,(H3,20,23,24)(H2,21,31,32)(H,25,26,28,29)/t9-,10+/m1/s1. The monoisotopic (exact) mass is 502 g/mol. The SMILES string of the molecule is Nc1nc2c(-c3ccc(SN[C@H]4CN[C@H](CO)C4)c(S(N)(=O)=O)c3-c3nn[nH]n3)cccc2[nH]1. The molecule has 34 heavy (non-hydrogen) atoms. The van der Waals surface area contributed by atoms with Gasteiger partial charge in [-0.1, -0.05) is 18.2 Å². The van der Waals surface area contributed by atoms with Crippen LogP contribution in [0.3, 0.4) is 0 Å². The van der Waals surface area contributed by atoms with E-state index in [0.717, 1.165) is 11.9 Å². The maximum absolute atomic E-state index is 12.9. The van der Waals surface area contributed by atoms with Crippen molar-refractivity contribution in [1.29, 1.82) is 0 Å². The average Bonchev–Trinajstić information content (AvgIpc) is 3.56. The van der Waals surface area contributed by atoms with Gasteiger partial charge in [-0.2, -0.15) is 5.21 Å². The summed E-state index contributed by atoms with van der Waals surface area (Å²) in [5.41, 5.74) is 8.46. The number of nitrogens with one attached hydrogen (secondary N) is 4. The molecule has 5 rings (SSSR count). The minimum Gasteiger partial charge on any atom is -0.395 e. The van der Waals surface area contributed by atoms with E-state index in [9.17, 15) is 13.5 Å². The molecule has 1 fully saturated rings. The fourth-order valence-electron chi connectivity index (χ4n) is 4.10. The van der Waals surface area contributed by atoms with Crippen LogP contribution in [0.15, 0.2) is 40.1 Å². The van der Waals surface area contributed by atoms with Crippen LogP contribution in [0.25, 0.3) is 33.5 Å². The lowest BCUT2D eigenvalue weighted by atomic mass is 9.98. The number of H-pyrrole nitrogens is 2. The molecule has 0 saturated carbocycles. The molecule has 4 aromatic rings. The molecule has 1 aliphatic heterocycles. The smallest absolute Gasteiger partial charge is 0.239 e. The number of primary sulfonamides is 1. The van der Waals surface area contributed by atoms with Gasteiger partial charge in [-0.3, -0.25) is 4.72 Å². The van der Waals surface area contributed by atoms with Gasteiger partial charge in [0.05, 0.1) is 23.2 Å². The number of para-hydroxylation sites is 1. The molecule has 3 heterocycles. The topological polar surface area (TPSA) is 214 Å². The Balaban J connectivity index is 1.66. The van der Waals surface area contributed by atoms with Gasteiger partial charge < -0.3 is 21.1 Å². The number of aliphatic hydroxyl groups excluding tert-OH is 1. The number of imidazole rings is 1. The summed E-state index contributed by atoms with van der Waals surface area (Å²) in [6, 6.07) is 8.91. The molecule has 9 N–H and O–H groups in total. The number of benzene rings is 2. The summed E-state index contributed by atoms with van der Waals surface area (Å²) in [7, 11) is -4.22. The zero-order valence-corrected chi connectivity index (χ0v) is 19.3. The maximum atomic E-state index is 12.9. The first kappa shape index (κ1) is 22.7. The van der Waals surface area contributed by atoms with Gasteiger partial charge in [0.25, 0.3) is 0 Å². The molecular formula is C19H22N10O3S2. The third kappa shape index (κ3) is 4.24. The second-order valence-corrected chi connectivity index (χ2v) is 10.2. The van der Waals surface area contributed by atoms with Crippen molar-refractivity contribution in [2.75, 3.05) is 18.9 Å². The van der Waals surface area contributed by atoms with Gasteiger partial charge in [-0.05, 0) is 41.3 Å². The minimum atomic E-state index is -4.22. The van der Waals surface area contributed by atoms with E-state index in [-0.39, 0.29) is 40.9 Å². The van der Waals surface area contributed by atoms with E-state index in [1.54, 1.807) is 24.3 Å². The number of tetrazole rings is 1. The predicted molar refractivity (Wildman–Crippen MR) is 127 cm³/mol. The van der Waals surface area contributed by atoms with Gasteiger partial charge >= 0.3 is 0 Å². The molecule has 2 aromatic heterocycles. The van der Waals surface area contributed by atoms with E-state index in [2.05, 4.69) is 40.6 Å². The number of fused-ring (bicyclic) bond motifs is 1. The summed E-state index contributed by atoms with van der Waals surface area (Å²) < 4.78 is 29.0. The van der Waals surface area contributed by atoms with E-state index in [1.165, 1.54) is 0 Å². The number of hydrogen-bond acceptors (Lipinski definition) is 11. The van der Waals surface area contributed by atoms with E-state index in [0.29, 0.717) is 40.0 Å². The number of anilines is 1. The second kappa shape index (κ2) is 8.94. The van der Waals surface area contributed by atoms with Crippen molar-refractivity contribution in [2.24, 2.45) is 5.14 Å². The normalized spacial score (nSPS) is 18.6. The number of hydrogen-bond donors (Lipinski definition) is 7. The lowest BCUT2D eigenvalue weighted by Gasteiger charge is -2.17. The van der Waals surface area contributed by atoms with Gasteiger partial charge in [-0.15, -0.1) is 10.2 Å². The first-order valence-electron chi connectivity index (χ1n) is 10.3. The lowest BCUT2D eigenvalue weighted by molar-refractivity contribution is 0.254. The van der Waals surface area contributed by atoms with Crippen LogP contribution in [0, 0.1) is 0 Å². The summed E-state index contributed by atoms with van der Waals surface area (Å²) >= 11 is 1.15. The molecule has 13 nitrogen and oxygen atoms in total. The van der Waals surface area contributed by atoms with Crippen molar-refractivity contribution >= 4 is 39.0 Å². The van der Waals surface area contributed by atoms with Crippen molar-refractivity contribution in [2.45, 2.75) is 28.3 Å². The number of sulfonamides is 1. The number of nitrogens with zero attached hydrogens (tertiary/aromatic N) is 4. The van der Waals surface area contributed by atoms with Crippen LogP contribution < -0.4 is 20.9 Å². The molecule has 0 bridgehead atoms. The van der Waals surface area contributed by atoms with Gasteiger partial charge in [0.1, 0.15) is 4.90 Å². The number of nitrogen functional groups attached to an aromatic ring is 1. The number of rotatable bonds is 7. The molecule has 0 radical (unpaired) electrons. The predicted octanol–water partition coefficient (Wildman–Crippen LogP) is -0.0409. The Hall–Kier alpha value is -3.08. The van der Waals surface area contributed by atoms with E-state index < -0.39 is 10.0 Å². The highest BCUT2D eigenvalue weighted by molar-refractivity contribution is 7.98. The van der Waals surface area contributed by atoms with Crippen molar-refractivity contribution in [3.63, 3.8) is 0 Å². The highest BCUT2D eigenvalue weighted by Gasteiger charge is 2.29. The van der Waals surface area contributed by atoms with E-state index in [4.69, 9.17) is 10.9 Å². The minimum absolute atomic E-state index is 0.00476. The number of aromatic nitrogens is 6. The molecule has 0 amide bonds. The summed E-state index contributed by atoms with van der Waals surface area (Å²) in [5.74, 6) is 0.308. The second-order valence-electron chi connectivity index (χ2n) is 7.86. The molecule has 15 heteroatoms. The quantitative estimate of drug-likeness (QED) is 0.166. The number of nitrogens with two attached hydrogens (primary N) is 2. The molecule has 2 atom stereocenters. The fourth-order valence-corrected chi connectivity index (χ4v) is 6.22.